The SMILES string of the molecule is CC(C)(N)CSCCCS(C)(=O)=O. The number of thioether (sulfide) groups is 1. The molecule has 5 heteroatoms. The van der Waals surface area contributed by atoms with Gasteiger partial charge in [-0.1, -0.05) is 0 Å². The lowest BCUT2D eigenvalue weighted by Gasteiger charge is -2.17. The summed E-state index contributed by atoms with van der Waals surface area (Å²) in [6.45, 7) is 3.94. The van der Waals surface area contributed by atoms with E-state index in [2.05, 4.69) is 0 Å². The molecule has 0 radical (unpaired) electrons. The third-order valence-corrected chi connectivity index (χ3v) is 3.83. The van der Waals surface area contributed by atoms with Crippen LogP contribution in [0.3, 0.4) is 0 Å². The minimum atomic E-state index is -2.78. The van der Waals surface area contributed by atoms with Crippen molar-refractivity contribution in [1.29, 1.82) is 0 Å². The van der Waals surface area contributed by atoms with Crippen LogP contribution in [-0.2, 0) is 9.84 Å². The smallest absolute Gasteiger partial charge is 0.147 e. The van der Waals surface area contributed by atoms with E-state index in [9.17, 15) is 8.42 Å². The van der Waals surface area contributed by atoms with E-state index in [4.69, 9.17) is 5.73 Å². The first kappa shape index (κ1) is 13.3. The molecule has 0 aliphatic rings. The Morgan fingerprint density at radius 2 is 1.92 bits per heavy atom. The van der Waals surface area contributed by atoms with E-state index in [1.165, 1.54) is 6.26 Å². The molecule has 2 N–H and O–H groups in total. The maximum absolute atomic E-state index is 10.8. The third-order valence-electron chi connectivity index (χ3n) is 1.28. The molecule has 80 valence electrons. The number of hydrogen-bond acceptors (Lipinski definition) is 4. The first-order valence-electron chi connectivity index (χ1n) is 4.25. The molecule has 0 amide bonds. The molecule has 0 saturated carbocycles. The minimum Gasteiger partial charge on any atom is -0.325 e. The van der Waals surface area contributed by atoms with Gasteiger partial charge in [0.2, 0.25) is 0 Å². The highest BCUT2D eigenvalue weighted by atomic mass is 32.2. The summed E-state index contributed by atoms with van der Waals surface area (Å²) in [4.78, 5) is 0. The van der Waals surface area contributed by atoms with E-state index in [-0.39, 0.29) is 11.3 Å². The Balaban J connectivity index is 3.39. The van der Waals surface area contributed by atoms with Gasteiger partial charge in [0.25, 0.3) is 0 Å². The van der Waals surface area contributed by atoms with Gasteiger partial charge in [0.05, 0.1) is 5.75 Å². The van der Waals surface area contributed by atoms with Crippen molar-refractivity contribution in [2.45, 2.75) is 25.8 Å². The molecular formula is C8H19NO2S2. The second-order valence-electron chi connectivity index (χ2n) is 4.02. The zero-order chi connectivity index (χ0) is 10.5. The summed E-state index contributed by atoms with van der Waals surface area (Å²) in [5, 5.41) is 0. The van der Waals surface area contributed by atoms with Crippen LogP contribution in [0.2, 0.25) is 0 Å². The Kier molecular flexibility index (Phi) is 5.32. The van der Waals surface area contributed by atoms with Crippen molar-refractivity contribution in [3.05, 3.63) is 0 Å². The molecule has 3 nitrogen and oxygen atoms in total. The van der Waals surface area contributed by atoms with Crippen LogP contribution in [0.4, 0.5) is 0 Å². The molecule has 0 aromatic carbocycles. The predicted molar refractivity (Wildman–Crippen MR) is 59.9 cm³/mol. The van der Waals surface area contributed by atoms with Crippen molar-refractivity contribution in [2.24, 2.45) is 5.73 Å². The molecule has 0 saturated heterocycles. The minimum absolute atomic E-state index is 0.157. The van der Waals surface area contributed by atoms with Crippen LogP contribution in [-0.4, -0.2) is 37.5 Å². The summed E-state index contributed by atoms with van der Waals surface area (Å²) in [5.41, 5.74) is 5.61. The molecule has 0 rings (SSSR count). The summed E-state index contributed by atoms with van der Waals surface area (Å²) < 4.78 is 21.5. The highest BCUT2D eigenvalue weighted by Crippen LogP contribution is 2.10. The van der Waals surface area contributed by atoms with Gasteiger partial charge in [-0.2, -0.15) is 11.8 Å². The largest absolute Gasteiger partial charge is 0.325 e. The number of nitrogens with two attached hydrogens (primary N) is 1. The lowest BCUT2D eigenvalue weighted by atomic mass is 10.1. The van der Waals surface area contributed by atoms with Crippen LogP contribution >= 0.6 is 11.8 Å². The fraction of sp³-hybridized carbons (Fsp3) is 1.00. The molecule has 0 heterocycles. The zero-order valence-electron chi connectivity index (χ0n) is 8.54. The van der Waals surface area contributed by atoms with E-state index < -0.39 is 9.84 Å². The molecular weight excluding hydrogens is 206 g/mol. The molecule has 0 aliphatic carbocycles. The first-order chi connectivity index (χ1) is 5.71. The van der Waals surface area contributed by atoms with Crippen molar-refractivity contribution < 1.29 is 8.42 Å². The second-order valence-corrected chi connectivity index (χ2v) is 7.39. The first-order valence-corrected chi connectivity index (χ1v) is 7.47. The molecule has 0 fully saturated rings. The highest BCUT2D eigenvalue weighted by molar-refractivity contribution is 7.99. The van der Waals surface area contributed by atoms with Crippen LogP contribution in [0.15, 0.2) is 0 Å². The fourth-order valence-electron chi connectivity index (χ4n) is 0.758. The monoisotopic (exact) mass is 225 g/mol. The molecule has 0 aliphatic heterocycles. The van der Waals surface area contributed by atoms with Crippen molar-refractivity contribution in [3.63, 3.8) is 0 Å². The van der Waals surface area contributed by atoms with E-state index in [0.29, 0.717) is 0 Å². The van der Waals surface area contributed by atoms with Crippen LogP contribution < -0.4 is 5.73 Å². The van der Waals surface area contributed by atoms with Gasteiger partial charge in [0.1, 0.15) is 9.84 Å². The Bertz CT molecular complexity index is 229. The van der Waals surface area contributed by atoms with Crippen LogP contribution in [0.5, 0.6) is 0 Å². The van der Waals surface area contributed by atoms with Gasteiger partial charge < -0.3 is 5.73 Å². The number of hydrogen-bond donors (Lipinski definition) is 1. The quantitative estimate of drug-likeness (QED) is 0.682. The molecule has 0 atom stereocenters. The lowest BCUT2D eigenvalue weighted by Crippen LogP contribution is -2.34. The van der Waals surface area contributed by atoms with Gasteiger partial charge in [0.15, 0.2) is 0 Å². The highest BCUT2D eigenvalue weighted by Gasteiger charge is 2.10. The van der Waals surface area contributed by atoms with Crippen LogP contribution in [0.1, 0.15) is 20.3 Å². The summed E-state index contributed by atoms with van der Waals surface area (Å²) >= 11 is 1.71. The van der Waals surface area contributed by atoms with Crippen LogP contribution in [0, 0.1) is 0 Å². The summed E-state index contributed by atoms with van der Waals surface area (Å²) in [5.74, 6) is 2.02. The summed E-state index contributed by atoms with van der Waals surface area (Å²) in [6.07, 6.45) is 1.99. The Hall–Kier alpha value is 0.260. The molecule has 0 spiro atoms. The van der Waals surface area contributed by atoms with Gasteiger partial charge in [-0.25, -0.2) is 8.42 Å². The van der Waals surface area contributed by atoms with Crippen molar-refractivity contribution in [1.82, 2.24) is 0 Å². The van der Waals surface area contributed by atoms with E-state index in [1.807, 2.05) is 13.8 Å². The predicted octanol–water partition coefficient (Wildman–Crippen LogP) is 0.892. The lowest BCUT2D eigenvalue weighted by molar-refractivity contribution is 0.591. The standard InChI is InChI=1S/C8H19NO2S2/c1-8(2,9)7-12-5-4-6-13(3,10)11/h4-7,9H2,1-3H3. The van der Waals surface area contributed by atoms with Gasteiger partial charge in [-0.05, 0) is 26.0 Å². The third kappa shape index (κ3) is 12.3. The summed E-state index contributed by atoms with van der Waals surface area (Å²) in [6, 6.07) is 0. The van der Waals surface area contributed by atoms with Crippen molar-refractivity contribution in [2.75, 3.05) is 23.5 Å². The number of sulfone groups is 1. The number of rotatable bonds is 6. The van der Waals surface area contributed by atoms with Gasteiger partial charge in [0, 0.05) is 17.5 Å². The van der Waals surface area contributed by atoms with Gasteiger partial charge in [-0.15, -0.1) is 0 Å². The van der Waals surface area contributed by atoms with Crippen molar-refractivity contribution in [3.8, 4) is 0 Å². The van der Waals surface area contributed by atoms with Gasteiger partial charge in [-0.3, -0.25) is 0 Å². The van der Waals surface area contributed by atoms with E-state index in [0.717, 1.165) is 17.9 Å². The topological polar surface area (TPSA) is 60.2 Å². The Morgan fingerprint density at radius 3 is 2.31 bits per heavy atom. The van der Waals surface area contributed by atoms with Crippen LogP contribution in [0.25, 0.3) is 0 Å². The second kappa shape index (κ2) is 5.22. The molecule has 13 heavy (non-hydrogen) atoms. The van der Waals surface area contributed by atoms with Crippen molar-refractivity contribution >= 4 is 21.6 Å². The van der Waals surface area contributed by atoms with Gasteiger partial charge >= 0.3 is 0 Å². The molecule has 0 aromatic heterocycles. The maximum atomic E-state index is 10.8. The fourth-order valence-corrected chi connectivity index (χ4v) is 2.63. The maximum Gasteiger partial charge on any atom is 0.147 e. The molecule has 0 aromatic rings. The summed E-state index contributed by atoms with van der Waals surface area (Å²) in [7, 11) is -2.78. The average molecular weight is 225 g/mol. The normalized spacial score (nSPS) is 13.2. The average Bonchev–Trinajstić information content (AvgIpc) is 1.81. The molecule has 0 unspecified atom stereocenters. The van der Waals surface area contributed by atoms with E-state index >= 15 is 0 Å². The Morgan fingerprint density at radius 1 is 1.38 bits per heavy atom. The molecule has 0 bridgehead atoms. The Labute approximate surface area is 85.4 Å². The van der Waals surface area contributed by atoms with E-state index in [1.54, 1.807) is 11.8 Å². The zero-order valence-corrected chi connectivity index (χ0v) is 10.2.